The first-order valence-electron chi connectivity index (χ1n) is 10.7. The van der Waals surface area contributed by atoms with Crippen LogP contribution in [0.5, 0.6) is 0 Å². The molecule has 5 atom stereocenters. The summed E-state index contributed by atoms with van der Waals surface area (Å²) in [5.74, 6) is 2.21. The zero-order valence-electron chi connectivity index (χ0n) is 17.1. The molecule has 0 aliphatic heterocycles. The molecule has 3 nitrogen and oxygen atoms in total. The van der Waals surface area contributed by atoms with Crippen molar-refractivity contribution in [2.24, 2.45) is 28.6 Å². The second kappa shape index (κ2) is 7.48. The van der Waals surface area contributed by atoms with Crippen molar-refractivity contribution >= 4 is 11.8 Å². The summed E-state index contributed by atoms with van der Waals surface area (Å²) in [5.41, 5.74) is 1.58. The van der Waals surface area contributed by atoms with E-state index in [0.717, 1.165) is 44.9 Å². The molecule has 0 unspecified atom stereocenters. The Morgan fingerprint density at radius 2 is 1.96 bits per heavy atom. The van der Waals surface area contributed by atoms with E-state index in [1.165, 1.54) is 20.0 Å². The van der Waals surface area contributed by atoms with E-state index in [4.69, 9.17) is 4.74 Å². The molecule has 0 bridgehead atoms. The van der Waals surface area contributed by atoms with Gasteiger partial charge in [-0.3, -0.25) is 9.59 Å². The number of carbonyl (C=O) groups is 2. The largest absolute Gasteiger partial charge is 0.469 e. The zero-order valence-corrected chi connectivity index (χ0v) is 17.1. The number of carbonyl (C=O) groups excluding carboxylic acids is 2. The van der Waals surface area contributed by atoms with Crippen LogP contribution in [0, 0.1) is 28.6 Å². The molecular formula is C23H36O3. The summed E-state index contributed by atoms with van der Waals surface area (Å²) < 4.78 is 4.94. The number of fused-ring (bicyclic) bond motifs is 3. The van der Waals surface area contributed by atoms with Crippen LogP contribution in [0.25, 0.3) is 0 Å². The number of allylic oxidation sites excluding steroid dienone is 2. The average molecular weight is 361 g/mol. The highest BCUT2D eigenvalue weighted by molar-refractivity contribution is 5.87. The zero-order chi connectivity index (χ0) is 18.9. The van der Waals surface area contributed by atoms with Crippen molar-refractivity contribution in [2.75, 3.05) is 7.11 Å². The maximum absolute atomic E-state index is 12.6. The highest BCUT2D eigenvalue weighted by Crippen LogP contribution is 2.63. The van der Waals surface area contributed by atoms with Crippen LogP contribution >= 0.6 is 0 Å². The number of hydrogen-bond acceptors (Lipinski definition) is 3. The number of methoxy groups -OCH3 is 1. The minimum atomic E-state index is -0.0973. The van der Waals surface area contributed by atoms with Gasteiger partial charge in [-0.05, 0) is 68.1 Å². The first kappa shape index (κ1) is 19.6. The fraction of sp³-hybridized carbons (Fsp3) is 0.826. The van der Waals surface area contributed by atoms with Crippen molar-refractivity contribution in [1.82, 2.24) is 0 Å². The number of unbranched alkanes of at least 4 members (excludes halogenated alkanes) is 1. The summed E-state index contributed by atoms with van der Waals surface area (Å²) in [6.07, 6.45) is 12.5. The number of Topliss-reactive ketones (excluding diaryl/α,β-unsaturated/α-hetero) is 1. The van der Waals surface area contributed by atoms with Gasteiger partial charge in [-0.25, -0.2) is 0 Å². The van der Waals surface area contributed by atoms with Crippen molar-refractivity contribution in [3.05, 3.63) is 11.6 Å². The minimum Gasteiger partial charge on any atom is -0.469 e. The summed E-state index contributed by atoms with van der Waals surface area (Å²) in [6.45, 7) is 6.86. The molecule has 3 heteroatoms. The predicted octanol–water partition coefficient (Wildman–Crippen LogP) is 5.48. The van der Waals surface area contributed by atoms with E-state index in [1.54, 1.807) is 5.57 Å². The molecule has 26 heavy (non-hydrogen) atoms. The van der Waals surface area contributed by atoms with Crippen LogP contribution in [0.4, 0.5) is 0 Å². The lowest BCUT2D eigenvalue weighted by molar-refractivity contribution is -0.142. The smallest absolute Gasteiger partial charge is 0.305 e. The second-order valence-corrected chi connectivity index (χ2v) is 9.35. The van der Waals surface area contributed by atoms with Crippen LogP contribution in [-0.4, -0.2) is 18.9 Å². The number of esters is 1. The molecule has 0 aromatic rings. The monoisotopic (exact) mass is 360 g/mol. The number of rotatable bonds is 5. The lowest BCUT2D eigenvalue weighted by Gasteiger charge is -2.56. The van der Waals surface area contributed by atoms with E-state index in [2.05, 4.69) is 26.8 Å². The molecular weight excluding hydrogens is 324 g/mol. The van der Waals surface area contributed by atoms with Crippen LogP contribution in [-0.2, 0) is 14.3 Å². The molecule has 0 heterocycles. The van der Waals surface area contributed by atoms with Gasteiger partial charge in [0.1, 0.15) is 5.78 Å². The second-order valence-electron chi connectivity index (χ2n) is 9.35. The topological polar surface area (TPSA) is 43.4 Å². The Morgan fingerprint density at radius 3 is 2.65 bits per heavy atom. The highest BCUT2D eigenvalue weighted by atomic mass is 16.5. The van der Waals surface area contributed by atoms with Gasteiger partial charge in [-0.1, -0.05) is 38.8 Å². The summed E-state index contributed by atoms with van der Waals surface area (Å²) in [7, 11) is 1.48. The minimum absolute atomic E-state index is 0.0743. The fourth-order valence-electron chi connectivity index (χ4n) is 6.56. The maximum atomic E-state index is 12.6. The molecule has 0 aromatic heterocycles. The van der Waals surface area contributed by atoms with Gasteiger partial charge in [0.05, 0.1) is 7.11 Å². The molecule has 3 rings (SSSR count). The number of ketones is 1. The Morgan fingerprint density at radius 1 is 1.19 bits per heavy atom. The van der Waals surface area contributed by atoms with Crippen LogP contribution < -0.4 is 0 Å². The van der Waals surface area contributed by atoms with Gasteiger partial charge in [0, 0.05) is 18.3 Å². The Balaban J connectivity index is 1.89. The maximum Gasteiger partial charge on any atom is 0.305 e. The molecule has 0 N–H and O–H groups in total. The lowest BCUT2D eigenvalue weighted by Crippen LogP contribution is -2.49. The van der Waals surface area contributed by atoms with Crippen LogP contribution in [0.1, 0.15) is 85.0 Å². The van der Waals surface area contributed by atoms with E-state index in [9.17, 15) is 9.59 Å². The van der Waals surface area contributed by atoms with E-state index < -0.39 is 0 Å². The molecule has 3 aliphatic carbocycles. The first-order chi connectivity index (χ1) is 12.4. The molecule has 146 valence electrons. The van der Waals surface area contributed by atoms with Gasteiger partial charge in [0.25, 0.3) is 0 Å². The Hall–Kier alpha value is -1.12. The van der Waals surface area contributed by atoms with Crippen LogP contribution in [0.3, 0.4) is 0 Å². The molecule has 0 radical (unpaired) electrons. The third kappa shape index (κ3) is 3.16. The lowest BCUT2D eigenvalue weighted by atomic mass is 9.48. The number of ether oxygens (including phenoxy) is 1. The first-order valence-corrected chi connectivity index (χ1v) is 10.7. The van der Waals surface area contributed by atoms with Crippen molar-refractivity contribution in [3.8, 4) is 0 Å². The van der Waals surface area contributed by atoms with Gasteiger partial charge in [-0.2, -0.15) is 0 Å². The Labute approximate surface area is 158 Å². The third-order valence-electron chi connectivity index (χ3n) is 8.20. The predicted molar refractivity (Wildman–Crippen MR) is 104 cm³/mol. The molecule has 0 aromatic carbocycles. The quantitative estimate of drug-likeness (QED) is 0.482. The molecule has 3 fully saturated rings. The average Bonchev–Trinajstić information content (AvgIpc) is 2.94. The van der Waals surface area contributed by atoms with Gasteiger partial charge in [-0.15, -0.1) is 0 Å². The van der Waals surface area contributed by atoms with Crippen molar-refractivity contribution in [2.45, 2.75) is 85.0 Å². The van der Waals surface area contributed by atoms with E-state index in [0.29, 0.717) is 30.0 Å². The van der Waals surface area contributed by atoms with Crippen LogP contribution in [0.15, 0.2) is 11.6 Å². The molecule has 0 saturated heterocycles. The molecule has 0 spiro atoms. The van der Waals surface area contributed by atoms with E-state index in [-0.39, 0.29) is 16.8 Å². The normalized spacial score (nSPS) is 41.0. The molecule has 3 saturated carbocycles. The summed E-state index contributed by atoms with van der Waals surface area (Å²) in [6, 6.07) is 0. The Kier molecular flexibility index (Phi) is 5.65. The molecule has 0 amide bonds. The SMILES string of the molecule is CCC/C=C1/CC[C@@H]2[C@H](CC[C@]3(C)C(=O)CC[C@@H]23)[C@@]1(C)CCC(=O)OC. The third-order valence-corrected chi connectivity index (χ3v) is 8.20. The van der Waals surface area contributed by atoms with Gasteiger partial charge in [0.2, 0.25) is 0 Å². The summed E-state index contributed by atoms with van der Waals surface area (Å²) >= 11 is 0. The fourth-order valence-corrected chi connectivity index (χ4v) is 6.56. The molecule has 3 aliphatic rings. The summed E-state index contributed by atoms with van der Waals surface area (Å²) in [4.78, 5) is 24.4. The Bertz CT molecular complexity index is 592. The standard InChI is InChI=1S/C23H36O3/c1-5-6-7-16-8-9-17-18-10-11-20(24)23(18,3)14-12-19(17)22(16,2)15-13-21(25)26-4/h7,17-19H,5-6,8-15H2,1-4H3/b16-7-/t17-,18-,19-,22-,23-/m0/s1. The van der Waals surface area contributed by atoms with Gasteiger partial charge >= 0.3 is 5.97 Å². The van der Waals surface area contributed by atoms with Crippen molar-refractivity contribution in [1.29, 1.82) is 0 Å². The highest BCUT2D eigenvalue weighted by Gasteiger charge is 2.58. The summed E-state index contributed by atoms with van der Waals surface area (Å²) in [5, 5.41) is 0. The van der Waals surface area contributed by atoms with E-state index in [1.807, 2.05) is 0 Å². The van der Waals surface area contributed by atoms with Gasteiger partial charge in [0.15, 0.2) is 0 Å². The van der Waals surface area contributed by atoms with Gasteiger partial charge < -0.3 is 4.74 Å². The number of hydrogen-bond donors (Lipinski definition) is 0. The van der Waals surface area contributed by atoms with E-state index >= 15 is 0 Å². The van der Waals surface area contributed by atoms with Crippen LogP contribution in [0.2, 0.25) is 0 Å². The van der Waals surface area contributed by atoms with Crippen molar-refractivity contribution < 1.29 is 14.3 Å². The van der Waals surface area contributed by atoms with Crippen molar-refractivity contribution in [3.63, 3.8) is 0 Å².